The van der Waals surface area contributed by atoms with Gasteiger partial charge < -0.3 is 10.6 Å². The summed E-state index contributed by atoms with van der Waals surface area (Å²) in [6, 6.07) is 0.556. The number of amides is 1. The van der Waals surface area contributed by atoms with Gasteiger partial charge in [-0.1, -0.05) is 27.7 Å². The number of rotatable bonds is 8. The highest BCUT2D eigenvalue weighted by Crippen LogP contribution is 2.51. The zero-order valence-electron chi connectivity index (χ0n) is 11.8. The van der Waals surface area contributed by atoms with Crippen LogP contribution in [0.3, 0.4) is 0 Å². The van der Waals surface area contributed by atoms with Gasteiger partial charge in [-0.15, -0.1) is 0 Å². The van der Waals surface area contributed by atoms with Crippen molar-refractivity contribution in [3.05, 3.63) is 0 Å². The molecule has 0 spiro atoms. The standard InChI is InChI=1S/C14H28N2O/c1-11(2)14(7-8-14)13(17)16-10-6-5-9-15-12(3)4/h11-12,15H,5-10H2,1-4H3,(H,16,17). The van der Waals surface area contributed by atoms with Crippen molar-refractivity contribution in [1.29, 1.82) is 0 Å². The van der Waals surface area contributed by atoms with Crippen molar-refractivity contribution in [3.8, 4) is 0 Å². The summed E-state index contributed by atoms with van der Waals surface area (Å²) in [5.74, 6) is 0.759. The van der Waals surface area contributed by atoms with E-state index in [0.717, 1.165) is 38.8 Å². The zero-order chi connectivity index (χ0) is 12.9. The van der Waals surface area contributed by atoms with E-state index < -0.39 is 0 Å². The van der Waals surface area contributed by atoms with E-state index in [1.807, 2.05) is 0 Å². The van der Waals surface area contributed by atoms with Crippen LogP contribution in [0.2, 0.25) is 0 Å². The predicted octanol–water partition coefficient (Wildman–Crippen LogP) is 2.32. The maximum absolute atomic E-state index is 12.0. The van der Waals surface area contributed by atoms with Gasteiger partial charge in [0.2, 0.25) is 5.91 Å². The van der Waals surface area contributed by atoms with Crippen molar-refractivity contribution in [2.24, 2.45) is 11.3 Å². The Balaban J connectivity index is 2.05. The second-order valence-electron chi connectivity index (χ2n) is 5.88. The minimum absolute atomic E-state index is 0.0177. The van der Waals surface area contributed by atoms with Crippen LogP contribution < -0.4 is 10.6 Å². The Bertz CT molecular complexity index is 245. The SMILES string of the molecule is CC(C)NCCCCNC(=O)C1(C(C)C)CC1. The summed E-state index contributed by atoms with van der Waals surface area (Å²) in [6.45, 7) is 10.5. The Labute approximate surface area is 106 Å². The summed E-state index contributed by atoms with van der Waals surface area (Å²) in [6.07, 6.45) is 4.35. The third-order valence-corrected chi connectivity index (χ3v) is 3.79. The molecule has 1 fully saturated rings. The van der Waals surface area contributed by atoms with E-state index in [2.05, 4.69) is 38.3 Å². The first kappa shape index (κ1) is 14.5. The van der Waals surface area contributed by atoms with Gasteiger partial charge in [0.15, 0.2) is 0 Å². The molecule has 1 amide bonds. The molecule has 17 heavy (non-hydrogen) atoms. The molecule has 100 valence electrons. The van der Waals surface area contributed by atoms with Crippen LogP contribution in [-0.2, 0) is 4.79 Å². The number of nitrogens with one attached hydrogen (secondary N) is 2. The number of hydrogen-bond acceptors (Lipinski definition) is 2. The first-order valence-corrected chi connectivity index (χ1v) is 7.01. The molecule has 1 rings (SSSR count). The molecule has 0 radical (unpaired) electrons. The largest absolute Gasteiger partial charge is 0.356 e. The minimum Gasteiger partial charge on any atom is -0.356 e. The van der Waals surface area contributed by atoms with Crippen LogP contribution in [-0.4, -0.2) is 25.0 Å². The fourth-order valence-corrected chi connectivity index (χ4v) is 2.22. The second kappa shape index (κ2) is 6.39. The molecule has 1 saturated carbocycles. The van der Waals surface area contributed by atoms with Crippen LogP contribution in [0.4, 0.5) is 0 Å². The third kappa shape index (κ3) is 4.30. The van der Waals surface area contributed by atoms with E-state index in [9.17, 15) is 4.79 Å². The van der Waals surface area contributed by atoms with Gasteiger partial charge in [-0.2, -0.15) is 0 Å². The van der Waals surface area contributed by atoms with Crippen molar-refractivity contribution in [1.82, 2.24) is 10.6 Å². The van der Waals surface area contributed by atoms with E-state index in [1.54, 1.807) is 0 Å². The van der Waals surface area contributed by atoms with Crippen LogP contribution in [0, 0.1) is 11.3 Å². The molecule has 0 atom stereocenters. The minimum atomic E-state index is -0.0177. The van der Waals surface area contributed by atoms with E-state index in [0.29, 0.717) is 12.0 Å². The lowest BCUT2D eigenvalue weighted by atomic mass is 9.91. The summed E-state index contributed by atoms with van der Waals surface area (Å²) in [5, 5.41) is 6.47. The van der Waals surface area contributed by atoms with Crippen molar-refractivity contribution < 1.29 is 4.79 Å². The maximum atomic E-state index is 12.0. The zero-order valence-corrected chi connectivity index (χ0v) is 11.8. The highest BCUT2D eigenvalue weighted by Gasteiger charge is 2.51. The molecule has 0 heterocycles. The fourth-order valence-electron chi connectivity index (χ4n) is 2.22. The molecule has 0 bridgehead atoms. The second-order valence-corrected chi connectivity index (χ2v) is 5.88. The molecule has 1 aliphatic rings. The van der Waals surface area contributed by atoms with Crippen LogP contribution in [0.25, 0.3) is 0 Å². The van der Waals surface area contributed by atoms with Gasteiger partial charge in [-0.05, 0) is 38.1 Å². The first-order valence-electron chi connectivity index (χ1n) is 7.01. The summed E-state index contributed by atoms with van der Waals surface area (Å²) < 4.78 is 0. The summed E-state index contributed by atoms with van der Waals surface area (Å²) in [4.78, 5) is 12.0. The van der Waals surface area contributed by atoms with Crippen molar-refractivity contribution in [3.63, 3.8) is 0 Å². The van der Waals surface area contributed by atoms with Crippen LogP contribution in [0.5, 0.6) is 0 Å². The van der Waals surface area contributed by atoms with E-state index >= 15 is 0 Å². The highest BCUT2D eigenvalue weighted by atomic mass is 16.2. The average molecular weight is 240 g/mol. The van der Waals surface area contributed by atoms with Crippen LogP contribution >= 0.6 is 0 Å². The number of carbonyl (C=O) groups is 1. The molecule has 0 aromatic rings. The number of unbranched alkanes of at least 4 members (excludes halogenated alkanes) is 1. The Morgan fingerprint density at radius 2 is 1.71 bits per heavy atom. The molecule has 0 aromatic carbocycles. The van der Waals surface area contributed by atoms with Gasteiger partial charge >= 0.3 is 0 Å². The molecular weight excluding hydrogens is 212 g/mol. The maximum Gasteiger partial charge on any atom is 0.226 e. The lowest BCUT2D eigenvalue weighted by Crippen LogP contribution is -2.35. The quantitative estimate of drug-likeness (QED) is 0.639. The van der Waals surface area contributed by atoms with Crippen molar-refractivity contribution in [2.75, 3.05) is 13.1 Å². The Hall–Kier alpha value is -0.570. The van der Waals surface area contributed by atoms with Gasteiger partial charge in [0.05, 0.1) is 5.41 Å². The Morgan fingerprint density at radius 1 is 1.12 bits per heavy atom. The topological polar surface area (TPSA) is 41.1 Å². The third-order valence-electron chi connectivity index (χ3n) is 3.79. The molecule has 2 N–H and O–H groups in total. The van der Waals surface area contributed by atoms with Crippen molar-refractivity contribution in [2.45, 2.75) is 59.4 Å². The summed E-state index contributed by atoms with van der Waals surface area (Å²) >= 11 is 0. The van der Waals surface area contributed by atoms with E-state index in [4.69, 9.17) is 0 Å². The van der Waals surface area contributed by atoms with Crippen molar-refractivity contribution >= 4 is 5.91 Å². The Morgan fingerprint density at radius 3 is 2.18 bits per heavy atom. The number of carbonyl (C=O) groups excluding carboxylic acids is 1. The van der Waals surface area contributed by atoms with Gasteiger partial charge in [-0.25, -0.2) is 0 Å². The molecule has 3 nitrogen and oxygen atoms in total. The molecule has 0 unspecified atom stereocenters. The molecule has 0 saturated heterocycles. The lowest BCUT2D eigenvalue weighted by Gasteiger charge is -2.18. The molecule has 0 aromatic heterocycles. The molecule has 1 aliphatic carbocycles. The van der Waals surface area contributed by atoms with E-state index in [1.165, 1.54) is 0 Å². The normalized spacial score (nSPS) is 17.5. The summed E-state index contributed by atoms with van der Waals surface area (Å²) in [7, 11) is 0. The first-order chi connectivity index (χ1) is 7.99. The predicted molar refractivity (Wildman–Crippen MR) is 71.9 cm³/mol. The van der Waals surface area contributed by atoms with Gasteiger partial charge in [-0.3, -0.25) is 4.79 Å². The molecule has 0 aliphatic heterocycles. The molecular formula is C14H28N2O. The Kier molecular flexibility index (Phi) is 5.44. The lowest BCUT2D eigenvalue weighted by molar-refractivity contribution is -0.127. The van der Waals surface area contributed by atoms with Gasteiger partial charge in [0.1, 0.15) is 0 Å². The summed E-state index contributed by atoms with van der Waals surface area (Å²) in [5.41, 5.74) is -0.0177. The smallest absolute Gasteiger partial charge is 0.226 e. The van der Waals surface area contributed by atoms with Crippen LogP contribution in [0.1, 0.15) is 53.4 Å². The molecule has 3 heteroatoms. The van der Waals surface area contributed by atoms with Gasteiger partial charge in [0, 0.05) is 12.6 Å². The van der Waals surface area contributed by atoms with E-state index in [-0.39, 0.29) is 11.3 Å². The fraction of sp³-hybridized carbons (Fsp3) is 0.929. The monoisotopic (exact) mass is 240 g/mol. The van der Waals surface area contributed by atoms with Crippen LogP contribution in [0.15, 0.2) is 0 Å². The highest BCUT2D eigenvalue weighted by molar-refractivity contribution is 5.85. The van der Waals surface area contributed by atoms with Gasteiger partial charge in [0.25, 0.3) is 0 Å². The number of hydrogen-bond donors (Lipinski definition) is 2. The average Bonchev–Trinajstić information content (AvgIpc) is 3.03.